The zero-order valence-corrected chi connectivity index (χ0v) is 13.2. The molecule has 0 aromatic rings. The lowest BCUT2D eigenvalue weighted by Gasteiger charge is -2.16. The molecule has 1 heterocycles. The normalized spacial score (nSPS) is 17.3. The van der Waals surface area contributed by atoms with Crippen molar-refractivity contribution < 1.29 is 4.79 Å². The van der Waals surface area contributed by atoms with Gasteiger partial charge in [-0.3, -0.25) is 4.79 Å². The van der Waals surface area contributed by atoms with Gasteiger partial charge in [-0.2, -0.15) is 0 Å². The Balaban J connectivity index is 2.00. The van der Waals surface area contributed by atoms with Crippen molar-refractivity contribution in [1.82, 2.24) is 10.2 Å². The molecule has 4 heteroatoms. The fourth-order valence-corrected chi connectivity index (χ4v) is 3.04. The van der Waals surface area contributed by atoms with E-state index in [9.17, 15) is 4.79 Å². The van der Waals surface area contributed by atoms with E-state index in [4.69, 9.17) is 5.73 Å². The van der Waals surface area contributed by atoms with E-state index in [0.29, 0.717) is 12.3 Å². The first-order valence-corrected chi connectivity index (χ1v) is 8.45. The van der Waals surface area contributed by atoms with Crippen molar-refractivity contribution in [3.8, 4) is 0 Å². The minimum absolute atomic E-state index is 0.213. The number of nitrogens with two attached hydrogens (primary N) is 1. The number of likely N-dealkylation sites (tertiary alicyclic amines) is 1. The summed E-state index contributed by atoms with van der Waals surface area (Å²) in [5, 5.41) is 3.05. The lowest BCUT2D eigenvalue weighted by molar-refractivity contribution is -0.121. The summed E-state index contributed by atoms with van der Waals surface area (Å²) in [5.74, 6) is 0.838. The third kappa shape index (κ3) is 7.85. The Labute approximate surface area is 124 Å². The van der Waals surface area contributed by atoms with E-state index in [2.05, 4.69) is 17.1 Å². The van der Waals surface area contributed by atoms with Gasteiger partial charge in [0.25, 0.3) is 0 Å². The fraction of sp³-hybridized carbons (Fsp3) is 0.938. The Hall–Kier alpha value is -0.610. The molecule has 0 saturated carbocycles. The maximum Gasteiger partial charge on any atom is 0.220 e. The van der Waals surface area contributed by atoms with Crippen LogP contribution in [0.4, 0.5) is 0 Å². The first kappa shape index (κ1) is 17.4. The van der Waals surface area contributed by atoms with Crippen LogP contribution < -0.4 is 11.1 Å². The summed E-state index contributed by atoms with van der Waals surface area (Å²) in [6.45, 7) is 7.37. The van der Waals surface area contributed by atoms with Gasteiger partial charge in [0, 0.05) is 13.0 Å². The van der Waals surface area contributed by atoms with Gasteiger partial charge in [-0.1, -0.05) is 19.8 Å². The minimum atomic E-state index is 0.213. The number of carbonyl (C=O) groups is 1. The van der Waals surface area contributed by atoms with Gasteiger partial charge in [-0.15, -0.1) is 0 Å². The van der Waals surface area contributed by atoms with Crippen LogP contribution in [0.15, 0.2) is 0 Å². The summed E-state index contributed by atoms with van der Waals surface area (Å²) >= 11 is 0. The molecule has 0 aliphatic carbocycles. The van der Waals surface area contributed by atoms with Crippen LogP contribution in [-0.4, -0.2) is 43.5 Å². The van der Waals surface area contributed by atoms with E-state index in [1.807, 2.05) is 0 Å². The van der Waals surface area contributed by atoms with E-state index in [-0.39, 0.29) is 5.91 Å². The summed E-state index contributed by atoms with van der Waals surface area (Å²) in [4.78, 5) is 14.3. The molecule has 1 atom stereocenters. The Kier molecular flexibility index (Phi) is 9.67. The zero-order valence-electron chi connectivity index (χ0n) is 13.2. The molecule has 3 N–H and O–H groups in total. The second kappa shape index (κ2) is 11.1. The van der Waals surface area contributed by atoms with Crippen molar-refractivity contribution in [2.75, 3.05) is 32.7 Å². The summed E-state index contributed by atoms with van der Waals surface area (Å²) in [6, 6.07) is 0. The first-order valence-electron chi connectivity index (χ1n) is 8.45. The average molecular weight is 283 g/mol. The Morgan fingerprint density at radius 2 is 2.00 bits per heavy atom. The molecule has 1 unspecified atom stereocenters. The zero-order chi connectivity index (χ0) is 14.6. The maximum absolute atomic E-state index is 11.8. The predicted octanol–water partition coefficient (Wildman–Crippen LogP) is 2.13. The van der Waals surface area contributed by atoms with Crippen molar-refractivity contribution in [2.45, 2.75) is 58.3 Å². The van der Waals surface area contributed by atoms with Crippen molar-refractivity contribution in [1.29, 1.82) is 0 Å². The number of nitrogens with zero attached hydrogens (tertiary/aromatic N) is 1. The minimum Gasteiger partial charge on any atom is -0.356 e. The molecule has 20 heavy (non-hydrogen) atoms. The topological polar surface area (TPSA) is 58.4 Å². The van der Waals surface area contributed by atoms with Crippen LogP contribution in [0, 0.1) is 5.92 Å². The van der Waals surface area contributed by atoms with Crippen LogP contribution in [0.3, 0.4) is 0 Å². The molecule has 1 rings (SSSR count). The third-order valence-electron chi connectivity index (χ3n) is 4.22. The van der Waals surface area contributed by atoms with Crippen LogP contribution in [0.5, 0.6) is 0 Å². The Bertz CT molecular complexity index is 246. The second-order valence-corrected chi connectivity index (χ2v) is 6.02. The van der Waals surface area contributed by atoms with E-state index in [0.717, 1.165) is 38.9 Å². The highest BCUT2D eigenvalue weighted by Gasteiger charge is 2.11. The van der Waals surface area contributed by atoms with Gasteiger partial charge in [0.15, 0.2) is 0 Å². The van der Waals surface area contributed by atoms with Gasteiger partial charge in [0.2, 0.25) is 5.91 Å². The van der Waals surface area contributed by atoms with E-state index in [1.165, 1.54) is 38.8 Å². The summed E-state index contributed by atoms with van der Waals surface area (Å²) in [6.07, 6.45) is 8.83. The van der Waals surface area contributed by atoms with E-state index >= 15 is 0 Å². The van der Waals surface area contributed by atoms with Crippen LogP contribution in [0.1, 0.15) is 58.3 Å². The molecule has 0 aromatic heterocycles. The van der Waals surface area contributed by atoms with Crippen LogP contribution in [-0.2, 0) is 4.79 Å². The van der Waals surface area contributed by atoms with Crippen LogP contribution in [0.2, 0.25) is 0 Å². The average Bonchev–Trinajstić information content (AvgIpc) is 2.95. The van der Waals surface area contributed by atoms with Crippen LogP contribution >= 0.6 is 0 Å². The van der Waals surface area contributed by atoms with Crippen molar-refractivity contribution in [3.63, 3.8) is 0 Å². The Morgan fingerprint density at radius 3 is 2.65 bits per heavy atom. The van der Waals surface area contributed by atoms with Gasteiger partial charge in [-0.25, -0.2) is 0 Å². The van der Waals surface area contributed by atoms with Crippen LogP contribution in [0.25, 0.3) is 0 Å². The first-order chi connectivity index (χ1) is 9.76. The molecule has 118 valence electrons. The number of hydrogen-bond acceptors (Lipinski definition) is 3. The second-order valence-electron chi connectivity index (χ2n) is 6.02. The molecule has 1 saturated heterocycles. The molecule has 1 aliphatic heterocycles. The lowest BCUT2D eigenvalue weighted by atomic mass is 9.94. The molecular formula is C16H33N3O. The summed E-state index contributed by atoms with van der Waals surface area (Å²) < 4.78 is 0. The number of amides is 1. The fourth-order valence-electron chi connectivity index (χ4n) is 3.04. The van der Waals surface area contributed by atoms with Crippen molar-refractivity contribution >= 4 is 5.91 Å². The number of hydrogen-bond donors (Lipinski definition) is 2. The molecule has 0 aromatic carbocycles. The molecular weight excluding hydrogens is 250 g/mol. The number of nitrogens with one attached hydrogen (secondary N) is 1. The van der Waals surface area contributed by atoms with Gasteiger partial charge in [0.1, 0.15) is 0 Å². The largest absolute Gasteiger partial charge is 0.356 e. The summed E-state index contributed by atoms with van der Waals surface area (Å²) in [7, 11) is 0. The summed E-state index contributed by atoms with van der Waals surface area (Å²) in [5.41, 5.74) is 5.62. The quantitative estimate of drug-likeness (QED) is 0.571. The molecule has 4 nitrogen and oxygen atoms in total. The highest BCUT2D eigenvalue weighted by atomic mass is 16.1. The maximum atomic E-state index is 11.8. The third-order valence-corrected chi connectivity index (χ3v) is 4.22. The smallest absolute Gasteiger partial charge is 0.220 e. The molecule has 0 radical (unpaired) electrons. The molecule has 1 amide bonds. The van der Waals surface area contributed by atoms with Crippen molar-refractivity contribution in [3.05, 3.63) is 0 Å². The SMILES string of the molecule is CCCC(CCN)CCC(=O)NCCCN1CCCC1. The van der Waals surface area contributed by atoms with Gasteiger partial charge in [0.05, 0.1) is 0 Å². The molecule has 0 bridgehead atoms. The predicted molar refractivity (Wildman–Crippen MR) is 84.6 cm³/mol. The standard InChI is InChI=1S/C16H33N3O/c1-2-6-15(9-10-17)7-8-16(20)18-11-5-14-19-12-3-4-13-19/h15H,2-14,17H2,1H3,(H,18,20). The van der Waals surface area contributed by atoms with E-state index < -0.39 is 0 Å². The molecule has 0 spiro atoms. The highest BCUT2D eigenvalue weighted by Crippen LogP contribution is 2.16. The lowest BCUT2D eigenvalue weighted by Crippen LogP contribution is -2.28. The number of carbonyl (C=O) groups excluding carboxylic acids is 1. The number of rotatable bonds is 11. The monoisotopic (exact) mass is 283 g/mol. The van der Waals surface area contributed by atoms with Gasteiger partial charge < -0.3 is 16.0 Å². The van der Waals surface area contributed by atoms with Gasteiger partial charge >= 0.3 is 0 Å². The molecule has 1 fully saturated rings. The molecule has 1 aliphatic rings. The Morgan fingerprint density at radius 1 is 1.25 bits per heavy atom. The van der Waals surface area contributed by atoms with Crippen molar-refractivity contribution in [2.24, 2.45) is 11.7 Å². The van der Waals surface area contributed by atoms with Gasteiger partial charge in [-0.05, 0) is 64.2 Å². The van der Waals surface area contributed by atoms with E-state index in [1.54, 1.807) is 0 Å². The highest BCUT2D eigenvalue weighted by molar-refractivity contribution is 5.75.